The Morgan fingerprint density at radius 3 is 2.85 bits per heavy atom. The highest BCUT2D eigenvalue weighted by Crippen LogP contribution is 2.35. The van der Waals surface area contributed by atoms with Crippen LogP contribution in [0.3, 0.4) is 0 Å². The predicted octanol–water partition coefficient (Wildman–Crippen LogP) is 1.57. The lowest BCUT2D eigenvalue weighted by atomic mass is 9.95. The lowest BCUT2D eigenvalue weighted by Gasteiger charge is -2.15. The Balaban J connectivity index is 2.41. The Morgan fingerprint density at radius 2 is 2.15 bits per heavy atom. The van der Waals surface area contributed by atoms with Gasteiger partial charge in [-0.05, 0) is 18.6 Å². The molecule has 2 atom stereocenters. The lowest BCUT2D eigenvalue weighted by Crippen LogP contribution is -2.28. The van der Waals surface area contributed by atoms with E-state index < -0.39 is 0 Å². The second kappa shape index (κ2) is 3.04. The van der Waals surface area contributed by atoms with Gasteiger partial charge in [-0.25, -0.2) is 0 Å². The van der Waals surface area contributed by atoms with Crippen molar-refractivity contribution in [2.45, 2.75) is 18.9 Å². The zero-order chi connectivity index (χ0) is 9.42. The van der Waals surface area contributed by atoms with Crippen molar-refractivity contribution in [2.75, 3.05) is 18.5 Å². The van der Waals surface area contributed by atoms with Gasteiger partial charge in [0.2, 0.25) is 0 Å². The first-order valence-corrected chi connectivity index (χ1v) is 4.76. The molecule has 1 aliphatic heterocycles. The normalized spacial score (nSPS) is 23.0. The van der Waals surface area contributed by atoms with Crippen LogP contribution in [0.15, 0.2) is 24.3 Å². The predicted molar refractivity (Wildman–Crippen MR) is 56.1 cm³/mol. The van der Waals surface area contributed by atoms with E-state index in [1.54, 1.807) is 0 Å². The molecule has 2 nitrogen and oxygen atoms in total. The molecular formula is C11H16N2. The molecule has 0 aliphatic carbocycles. The van der Waals surface area contributed by atoms with Gasteiger partial charge in [0.15, 0.2) is 0 Å². The van der Waals surface area contributed by atoms with Gasteiger partial charge in [0.25, 0.3) is 0 Å². The van der Waals surface area contributed by atoms with Crippen LogP contribution in [-0.2, 0) is 0 Å². The van der Waals surface area contributed by atoms with E-state index in [4.69, 9.17) is 5.73 Å². The molecular weight excluding hydrogens is 160 g/mol. The van der Waals surface area contributed by atoms with Crippen LogP contribution < -0.4 is 10.6 Å². The standard InChI is InChI=1S/C11H16N2/c1-8(12)10-7-13(2)11-6-4-3-5-9(10)11/h3-6,8,10H,7,12H2,1-2H3. The molecule has 70 valence electrons. The molecule has 2 unspecified atom stereocenters. The molecule has 0 fully saturated rings. The van der Waals surface area contributed by atoms with Crippen molar-refractivity contribution < 1.29 is 0 Å². The molecule has 0 bridgehead atoms. The summed E-state index contributed by atoms with van der Waals surface area (Å²) in [6.07, 6.45) is 0. The topological polar surface area (TPSA) is 29.3 Å². The number of likely N-dealkylation sites (N-methyl/N-ethyl adjacent to an activating group) is 1. The molecule has 1 aromatic carbocycles. The van der Waals surface area contributed by atoms with Gasteiger partial charge in [-0.15, -0.1) is 0 Å². The summed E-state index contributed by atoms with van der Waals surface area (Å²) in [7, 11) is 2.13. The van der Waals surface area contributed by atoms with Gasteiger partial charge < -0.3 is 10.6 Å². The summed E-state index contributed by atoms with van der Waals surface area (Å²) in [5.41, 5.74) is 8.69. The SMILES string of the molecule is CC(N)C1CN(C)c2ccccc21. The first-order chi connectivity index (χ1) is 6.20. The van der Waals surface area contributed by atoms with Crippen LogP contribution in [0.1, 0.15) is 18.4 Å². The Labute approximate surface area is 79.4 Å². The van der Waals surface area contributed by atoms with Gasteiger partial charge in [-0.1, -0.05) is 18.2 Å². The number of nitrogens with zero attached hydrogens (tertiary/aromatic N) is 1. The Hall–Kier alpha value is -1.02. The molecule has 0 radical (unpaired) electrons. The van der Waals surface area contributed by atoms with Crippen LogP contribution in [0.25, 0.3) is 0 Å². The average molecular weight is 176 g/mol. The highest BCUT2D eigenvalue weighted by Gasteiger charge is 2.27. The van der Waals surface area contributed by atoms with Crippen molar-refractivity contribution in [1.29, 1.82) is 0 Å². The van der Waals surface area contributed by atoms with E-state index >= 15 is 0 Å². The molecule has 0 saturated carbocycles. The number of para-hydroxylation sites is 1. The molecule has 1 aromatic rings. The number of hydrogen-bond donors (Lipinski definition) is 1. The van der Waals surface area contributed by atoms with E-state index in [9.17, 15) is 0 Å². The molecule has 2 heteroatoms. The summed E-state index contributed by atoms with van der Waals surface area (Å²) < 4.78 is 0. The molecule has 0 amide bonds. The minimum Gasteiger partial charge on any atom is -0.374 e. The third kappa shape index (κ3) is 1.31. The summed E-state index contributed by atoms with van der Waals surface area (Å²) >= 11 is 0. The van der Waals surface area contributed by atoms with Crippen molar-refractivity contribution in [3.05, 3.63) is 29.8 Å². The second-order valence-electron chi connectivity index (χ2n) is 3.90. The Bertz CT molecular complexity index is 307. The number of anilines is 1. The first-order valence-electron chi connectivity index (χ1n) is 4.76. The highest BCUT2D eigenvalue weighted by atomic mass is 15.1. The van der Waals surface area contributed by atoms with Crippen molar-refractivity contribution in [1.82, 2.24) is 0 Å². The molecule has 0 aromatic heterocycles. The van der Waals surface area contributed by atoms with Crippen LogP contribution in [-0.4, -0.2) is 19.6 Å². The maximum Gasteiger partial charge on any atom is 0.0400 e. The number of fused-ring (bicyclic) bond motifs is 1. The summed E-state index contributed by atoms with van der Waals surface area (Å²) in [6, 6.07) is 8.77. The van der Waals surface area contributed by atoms with E-state index in [-0.39, 0.29) is 6.04 Å². The minimum atomic E-state index is 0.242. The fourth-order valence-electron chi connectivity index (χ4n) is 2.09. The number of hydrogen-bond acceptors (Lipinski definition) is 2. The smallest absolute Gasteiger partial charge is 0.0400 e. The molecule has 1 aliphatic rings. The van der Waals surface area contributed by atoms with Crippen LogP contribution in [0.5, 0.6) is 0 Å². The summed E-state index contributed by atoms with van der Waals surface area (Å²) in [4.78, 5) is 2.28. The van der Waals surface area contributed by atoms with E-state index in [0.717, 1.165) is 6.54 Å². The summed E-state index contributed by atoms with van der Waals surface area (Å²) in [5, 5.41) is 0. The molecule has 0 saturated heterocycles. The van der Waals surface area contributed by atoms with Gasteiger partial charge in [0, 0.05) is 31.2 Å². The minimum absolute atomic E-state index is 0.242. The second-order valence-corrected chi connectivity index (χ2v) is 3.90. The number of benzene rings is 1. The maximum atomic E-state index is 5.95. The Morgan fingerprint density at radius 1 is 1.46 bits per heavy atom. The van der Waals surface area contributed by atoms with Gasteiger partial charge in [0.1, 0.15) is 0 Å². The van der Waals surface area contributed by atoms with Crippen LogP contribution in [0.2, 0.25) is 0 Å². The zero-order valence-corrected chi connectivity index (χ0v) is 8.20. The van der Waals surface area contributed by atoms with Gasteiger partial charge in [-0.3, -0.25) is 0 Å². The number of nitrogens with two attached hydrogens (primary N) is 1. The molecule has 2 rings (SSSR count). The monoisotopic (exact) mass is 176 g/mol. The lowest BCUT2D eigenvalue weighted by molar-refractivity contribution is 0.593. The average Bonchev–Trinajstić information content (AvgIpc) is 2.45. The zero-order valence-electron chi connectivity index (χ0n) is 8.20. The van der Waals surface area contributed by atoms with Crippen LogP contribution >= 0.6 is 0 Å². The summed E-state index contributed by atoms with van der Waals surface area (Å²) in [5.74, 6) is 0.501. The van der Waals surface area contributed by atoms with Gasteiger partial charge in [0.05, 0.1) is 0 Å². The van der Waals surface area contributed by atoms with Crippen LogP contribution in [0.4, 0.5) is 5.69 Å². The van der Waals surface area contributed by atoms with Crippen molar-refractivity contribution in [3.63, 3.8) is 0 Å². The van der Waals surface area contributed by atoms with Gasteiger partial charge in [-0.2, -0.15) is 0 Å². The third-order valence-corrected chi connectivity index (χ3v) is 2.85. The van der Waals surface area contributed by atoms with Crippen molar-refractivity contribution in [2.24, 2.45) is 5.73 Å². The largest absolute Gasteiger partial charge is 0.374 e. The molecule has 2 N–H and O–H groups in total. The molecule has 1 heterocycles. The van der Waals surface area contributed by atoms with Crippen LogP contribution in [0, 0.1) is 0 Å². The van der Waals surface area contributed by atoms with E-state index in [1.165, 1.54) is 11.3 Å². The van der Waals surface area contributed by atoms with Crippen molar-refractivity contribution >= 4 is 5.69 Å². The highest BCUT2D eigenvalue weighted by molar-refractivity contribution is 5.59. The third-order valence-electron chi connectivity index (χ3n) is 2.85. The fraction of sp³-hybridized carbons (Fsp3) is 0.455. The van der Waals surface area contributed by atoms with E-state index in [2.05, 4.69) is 43.1 Å². The maximum absolute atomic E-state index is 5.95. The molecule has 13 heavy (non-hydrogen) atoms. The Kier molecular flexibility index (Phi) is 2.00. The van der Waals surface area contributed by atoms with Crippen molar-refractivity contribution in [3.8, 4) is 0 Å². The van der Waals surface area contributed by atoms with Gasteiger partial charge >= 0.3 is 0 Å². The fourth-order valence-corrected chi connectivity index (χ4v) is 2.09. The quantitative estimate of drug-likeness (QED) is 0.703. The molecule has 0 spiro atoms. The number of rotatable bonds is 1. The first kappa shape index (κ1) is 8.57. The summed E-state index contributed by atoms with van der Waals surface area (Å²) in [6.45, 7) is 3.14. The van der Waals surface area contributed by atoms with E-state index in [0.29, 0.717) is 5.92 Å². The van der Waals surface area contributed by atoms with E-state index in [1.807, 2.05) is 0 Å².